The van der Waals surface area contributed by atoms with E-state index in [2.05, 4.69) is 68.2 Å². The summed E-state index contributed by atoms with van der Waals surface area (Å²) in [4.78, 5) is 2.74. The van der Waals surface area contributed by atoms with Gasteiger partial charge in [0.2, 0.25) is 0 Å². The quantitative estimate of drug-likeness (QED) is 0.842. The maximum absolute atomic E-state index is 3.73. The SMILES string of the molecule is CCC(C)CC(C)N1CC(CC)NCC1c1ccccc1. The van der Waals surface area contributed by atoms with Crippen molar-refractivity contribution in [3.63, 3.8) is 0 Å². The number of benzene rings is 1. The molecular weight excluding hydrogens is 256 g/mol. The van der Waals surface area contributed by atoms with Crippen molar-refractivity contribution in [2.45, 2.75) is 65.1 Å². The van der Waals surface area contributed by atoms with E-state index in [9.17, 15) is 0 Å². The fourth-order valence-corrected chi connectivity index (χ4v) is 3.47. The van der Waals surface area contributed by atoms with Crippen molar-refractivity contribution in [2.75, 3.05) is 13.1 Å². The van der Waals surface area contributed by atoms with Crippen molar-refractivity contribution in [1.82, 2.24) is 10.2 Å². The van der Waals surface area contributed by atoms with Crippen molar-refractivity contribution < 1.29 is 0 Å². The Bertz CT molecular complexity index is 403. The lowest BCUT2D eigenvalue weighted by molar-refractivity contribution is 0.0757. The molecule has 1 aromatic carbocycles. The minimum atomic E-state index is 0.521. The first-order valence-electron chi connectivity index (χ1n) is 8.69. The molecule has 4 unspecified atom stereocenters. The van der Waals surface area contributed by atoms with Crippen LogP contribution >= 0.6 is 0 Å². The standard InChI is InChI=1S/C19H32N2/c1-5-15(3)12-16(4)21-14-18(6-2)20-13-19(21)17-10-8-7-9-11-17/h7-11,15-16,18-20H,5-6,12-14H2,1-4H3. The fraction of sp³-hybridized carbons (Fsp3) is 0.684. The van der Waals surface area contributed by atoms with Crippen LogP contribution in [0, 0.1) is 5.92 Å². The minimum Gasteiger partial charge on any atom is -0.311 e. The highest BCUT2D eigenvalue weighted by molar-refractivity contribution is 5.20. The largest absolute Gasteiger partial charge is 0.311 e. The topological polar surface area (TPSA) is 15.3 Å². The predicted molar refractivity (Wildman–Crippen MR) is 91.5 cm³/mol. The van der Waals surface area contributed by atoms with Gasteiger partial charge < -0.3 is 5.32 Å². The summed E-state index contributed by atoms with van der Waals surface area (Å²) in [5.41, 5.74) is 1.45. The lowest BCUT2D eigenvalue weighted by Crippen LogP contribution is -2.54. The van der Waals surface area contributed by atoms with E-state index in [0.717, 1.165) is 12.5 Å². The first-order valence-corrected chi connectivity index (χ1v) is 8.69. The van der Waals surface area contributed by atoms with Crippen LogP contribution in [-0.4, -0.2) is 30.1 Å². The molecule has 0 saturated carbocycles. The zero-order valence-electron chi connectivity index (χ0n) is 14.2. The minimum absolute atomic E-state index is 0.521. The number of piperazine rings is 1. The van der Waals surface area contributed by atoms with Gasteiger partial charge >= 0.3 is 0 Å². The smallest absolute Gasteiger partial charge is 0.0476 e. The molecule has 1 aromatic rings. The second-order valence-electron chi connectivity index (χ2n) is 6.73. The maximum Gasteiger partial charge on any atom is 0.0476 e. The third-order valence-corrected chi connectivity index (χ3v) is 5.12. The van der Waals surface area contributed by atoms with E-state index in [-0.39, 0.29) is 0 Å². The average Bonchev–Trinajstić information content (AvgIpc) is 2.54. The molecule has 1 aliphatic rings. The highest BCUT2D eigenvalue weighted by atomic mass is 15.3. The summed E-state index contributed by atoms with van der Waals surface area (Å²) in [6.45, 7) is 11.6. The Morgan fingerprint density at radius 3 is 2.52 bits per heavy atom. The number of nitrogens with one attached hydrogen (secondary N) is 1. The summed E-state index contributed by atoms with van der Waals surface area (Å²) in [5.74, 6) is 0.811. The summed E-state index contributed by atoms with van der Waals surface area (Å²) < 4.78 is 0. The van der Waals surface area contributed by atoms with Crippen molar-refractivity contribution >= 4 is 0 Å². The molecule has 1 saturated heterocycles. The molecule has 0 aromatic heterocycles. The summed E-state index contributed by atoms with van der Waals surface area (Å²) >= 11 is 0. The highest BCUT2D eigenvalue weighted by Gasteiger charge is 2.31. The molecule has 0 bridgehead atoms. The van der Waals surface area contributed by atoms with Crippen LogP contribution in [0.1, 0.15) is 58.6 Å². The summed E-state index contributed by atoms with van der Waals surface area (Å²) in [7, 11) is 0. The third-order valence-electron chi connectivity index (χ3n) is 5.12. The molecule has 0 radical (unpaired) electrons. The van der Waals surface area contributed by atoms with Gasteiger partial charge in [0, 0.05) is 31.2 Å². The molecule has 2 rings (SSSR count). The number of hydrogen-bond donors (Lipinski definition) is 1. The van der Waals surface area contributed by atoms with Gasteiger partial charge in [-0.25, -0.2) is 0 Å². The van der Waals surface area contributed by atoms with Gasteiger partial charge in [0.1, 0.15) is 0 Å². The van der Waals surface area contributed by atoms with Crippen molar-refractivity contribution in [3.05, 3.63) is 35.9 Å². The van der Waals surface area contributed by atoms with E-state index in [1.807, 2.05) is 0 Å². The van der Waals surface area contributed by atoms with Gasteiger partial charge in [0.25, 0.3) is 0 Å². The van der Waals surface area contributed by atoms with Crippen molar-refractivity contribution in [2.24, 2.45) is 5.92 Å². The van der Waals surface area contributed by atoms with Gasteiger partial charge in [-0.2, -0.15) is 0 Å². The van der Waals surface area contributed by atoms with Gasteiger partial charge in [-0.15, -0.1) is 0 Å². The summed E-state index contributed by atoms with van der Waals surface area (Å²) in [5, 5.41) is 3.73. The van der Waals surface area contributed by atoms with Crippen LogP contribution in [0.3, 0.4) is 0 Å². The molecule has 0 amide bonds. The molecule has 4 atom stereocenters. The molecule has 0 spiro atoms. The van der Waals surface area contributed by atoms with E-state index < -0.39 is 0 Å². The Morgan fingerprint density at radius 2 is 1.90 bits per heavy atom. The van der Waals surface area contributed by atoms with Crippen LogP contribution in [0.2, 0.25) is 0 Å². The normalized spacial score (nSPS) is 26.5. The van der Waals surface area contributed by atoms with Crippen molar-refractivity contribution in [1.29, 1.82) is 0 Å². The molecule has 1 fully saturated rings. The number of rotatable bonds is 6. The van der Waals surface area contributed by atoms with Crippen LogP contribution < -0.4 is 5.32 Å². The first-order chi connectivity index (χ1) is 10.2. The Morgan fingerprint density at radius 1 is 1.19 bits per heavy atom. The van der Waals surface area contributed by atoms with Crippen LogP contribution in [0.25, 0.3) is 0 Å². The van der Waals surface area contributed by atoms with E-state index in [1.165, 1.54) is 31.4 Å². The average molecular weight is 288 g/mol. The molecular formula is C19H32N2. The Balaban J connectivity index is 2.13. The zero-order valence-corrected chi connectivity index (χ0v) is 14.2. The Labute approximate surface area is 130 Å². The van der Waals surface area contributed by atoms with Crippen LogP contribution in [0.4, 0.5) is 0 Å². The second-order valence-corrected chi connectivity index (χ2v) is 6.73. The first kappa shape index (κ1) is 16.5. The summed E-state index contributed by atoms with van der Waals surface area (Å²) in [6, 6.07) is 12.8. The Kier molecular flexibility index (Phi) is 6.25. The molecule has 1 aliphatic heterocycles. The second kappa shape index (κ2) is 7.95. The van der Waals surface area contributed by atoms with E-state index in [4.69, 9.17) is 0 Å². The number of nitrogens with zero attached hydrogens (tertiary/aromatic N) is 1. The van der Waals surface area contributed by atoms with E-state index >= 15 is 0 Å². The lowest BCUT2D eigenvalue weighted by Gasteiger charge is -2.44. The lowest BCUT2D eigenvalue weighted by atomic mass is 9.93. The van der Waals surface area contributed by atoms with Gasteiger partial charge in [-0.05, 0) is 31.2 Å². The van der Waals surface area contributed by atoms with Gasteiger partial charge in [0.15, 0.2) is 0 Å². The van der Waals surface area contributed by atoms with Gasteiger partial charge in [-0.3, -0.25) is 4.90 Å². The van der Waals surface area contributed by atoms with E-state index in [0.29, 0.717) is 18.1 Å². The van der Waals surface area contributed by atoms with Crippen molar-refractivity contribution in [3.8, 4) is 0 Å². The molecule has 2 nitrogen and oxygen atoms in total. The van der Waals surface area contributed by atoms with Gasteiger partial charge in [0.05, 0.1) is 0 Å². The van der Waals surface area contributed by atoms with Crippen LogP contribution in [-0.2, 0) is 0 Å². The van der Waals surface area contributed by atoms with E-state index in [1.54, 1.807) is 0 Å². The summed E-state index contributed by atoms with van der Waals surface area (Å²) in [6.07, 6.45) is 3.80. The van der Waals surface area contributed by atoms with Crippen LogP contribution in [0.5, 0.6) is 0 Å². The monoisotopic (exact) mass is 288 g/mol. The fourth-order valence-electron chi connectivity index (χ4n) is 3.47. The molecule has 1 heterocycles. The van der Waals surface area contributed by atoms with Crippen LogP contribution in [0.15, 0.2) is 30.3 Å². The molecule has 21 heavy (non-hydrogen) atoms. The Hall–Kier alpha value is -0.860. The highest BCUT2D eigenvalue weighted by Crippen LogP contribution is 2.28. The molecule has 2 heteroatoms. The zero-order chi connectivity index (χ0) is 15.2. The third kappa shape index (κ3) is 4.31. The molecule has 118 valence electrons. The van der Waals surface area contributed by atoms with Gasteiger partial charge in [-0.1, -0.05) is 57.5 Å². The number of hydrogen-bond acceptors (Lipinski definition) is 2. The predicted octanol–water partition coefficient (Wildman–Crippen LogP) is 4.24. The molecule has 0 aliphatic carbocycles. The molecule has 1 N–H and O–H groups in total. The maximum atomic E-state index is 3.73.